The quantitative estimate of drug-likeness (QED) is 0.733. The predicted octanol–water partition coefficient (Wildman–Crippen LogP) is 2.26. The zero-order valence-corrected chi connectivity index (χ0v) is 16.0. The van der Waals surface area contributed by atoms with Crippen molar-refractivity contribution in [2.24, 2.45) is 0 Å². The van der Waals surface area contributed by atoms with Crippen molar-refractivity contribution in [2.45, 2.75) is 36.8 Å². The third kappa shape index (κ3) is 4.43. The molecule has 4 rings (SSSR count). The molecule has 2 aromatic carbocycles. The summed E-state index contributed by atoms with van der Waals surface area (Å²) in [4.78, 5) is 0.232. The molecule has 6 nitrogen and oxygen atoms in total. The van der Waals surface area contributed by atoms with Gasteiger partial charge in [0, 0.05) is 12.2 Å². The van der Waals surface area contributed by atoms with E-state index in [9.17, 15) is 8.42 Å². The number of fused-ring (bicyclic) bond motifs is 1. The Bertz CT molecular complexity index is 891. The highest BCUT2D eigenvalue weighted by Crippen LogP contribution is 2.24. The number of piperidine rings is 1. The summed E-state index contributed by atoms with van der Waals surface area (Å²) < 4.78 is 34.0. The van der Waals surface area contributed by atoms with Crippen molar-refractivity contribution in [3.63, 3.8) is 0 Å². The fraction of sp³-hybridized carbons (Fsp3) is 0.400. The average Bonchev–Trinajstić information content (AvgIpc) is 2.69. The molecule has 1 fully saturated rings. The Morgan fingerprint density at radius 3 is 2.48 bits per heavy atom. The molecule has 0 radical (unpaired) electrons. The fourth-order valence-corrected chi connectivity index (χ4v) is 4.61. The summed E-state index contributed by atoms with van der Waals surface area (Å²) in [7, 11) is -3.63. The van der Waals surface area contributed by atoms with Gasteiger partial charge in [0.1, 0.15) is 11.9 Å². The van der Waals surface area contributed by atoms with Crippen LogP contribution in [0.15, 0.2) is 47.4 Å². The van der Waals surface area contributed by atoms with Crippen molar-refractivity contribution in [1.82, 2.24) is 10.6 Å². The van der Waals surface area contributed by atoms with E-state index in [1.807, 2.05) is 18.2 Å². The van der Waals surface area contributed by atoms with Crippen molar-refractivity contribution in [2.75, 3.05) is 24.4 Å². The third-order valence-corrected chi connectivity index (χ3v) is 6.47. The van der Waals surface area contributed by atoms with Crippen LogP contribution in [0.2, 0.25) is 0 Å². The van der Waals surface area contributed by atoms with Gasteiger partial charge in [-0.2, -0.15) is 0 Å². The molecule has 0 saturated carbocycles. The molecule has 0 aliphatic carbocycles. The highest BCUT2D eigenvalue weighted by atomic mass is 32.2. The monoisotopic (exact) mass is 387 g/mol. The van der Waals surface area contributed by atoms with Gasteiger partial charge in [0.2, 0.25) is 0 Å². The summed E-state index contributed by atoms with van der Waals surface area (Å²) in [5.74, 6) is 0.709. The molecule has 0 unspecified atom stereocenters. The molecule has 0 spiro atoms. The topological polar surface area (TPSA) is 79.5 Å². The Hall–Kier alpha value is -2.09. The van der Waals surface area contributed by atoms with E-state index in [0.717, 1.165) is 51.0 Å². The van der Waals surface area contributed by atoms with Crippen LogP contribution >= 0.6 is 0 Å². The lowest BCUT2D eigenvalue weighted by molar-refractivity contribution is 0.162. The third-order valence-electron chi connectivity index (χ3n) is 5.07. The van der Waals surface area contributed by atoms with Crippen LogP contribution < -0.4 is 20.1 Å². The van der Waals surface area contributed by atoms with E-state index in [1.54, 1.807) is 24.3 Å². The smallest absolute Gasteiger partial charge is 0.261 e. The Morgan fingerprint density at radius 2 is 1.70 bits per heavy atom. The number of nitrogens with one attached hydrogen (secondary N) is 3. The number of benzene rings is 2. The first kappa shape index (κ1) is 18.3. The van der Waals surface area contributed by atoms with Gasteiger partial charge in [-0.25, -0.2) is 8.42 Å². The molecule has 27 heavy (non-hydrogen) atoms. The minimum Gasteiger partial charge on any atom is -0.490 e. The van der Waals surface area contributed by atoms with Gasteiger partial charge >= 0.3 is 0 Å². The lowest BCUT2D eigenvalue weighted by atomic mass is 10.0. The van der Waals surface area contributed by atoms with E-state index in [4.69, 9.17) is 4.74 Å². The van der Waals surface area contributed by atoms with Crippen LogP contribution in [0.4, 0.5) is 5.69 Å². The summed E-state index contributed by atoms with van der Waals surface area (Å²) in [6.07, 6.45) is 3.10. The van der Waals surface area contributed by atoms with E-state index < -0.39 is 10.0 Å². The van der Waals surface area contributed by atoms with Gasteiger partial charge in [-0.15, -0.1) is 0 Å². The maximum atomic E-state index is 12.7. The van der Waals surface area contributed by atoms with Crippen molar-refractivity contribution in [1.29, 1.82) is 0 Å². The second kappa shape index (κ2) is 7.88. The minimum absolute atomic E-state index is 0.191. The van der Waals surface area contributed by atoms with Crippen molar-refractivity contribution < 1.29 is 13.2 Å². The molecular weight excluding hydrogens is 362 g/mol. The van der Waals surface area contributed by atoms with Crippen LogP contribution in [0.3, 0.4) is 0 Å². The van der Waals surface area contributed by atoms with Crippen LogP contribution in [0.1, 0.15) is 24.0 Å². The van der Waals surface area contributed by atoms with Crippen LogP contribution in [0.25, 0.3) is 0 Å². The Morgan fingerprint density at radius 1 is 0.926 bits per heavy atom. The first-order chi connectivity index (χ1) is 13.1. The molecule has 144 valence electrons. The standard InChI is InChI=1S/C20H25N3O3S/c24-27(25,23-17-2-1-15-7-10-22-14-16(15)13-17)20-5-3-18(4-6-20)26-19-8-11-21-12-9-19/h1-6,13,19,21-23H,7-12,14H2. The first-order valence-corrected chi connectivity index (χ1v) is 10.9. The number of rotatable bonds is 5. The number of hydrogen-bond acceptors (Lipinski definition) is 5. The predicted molar refractivity (Wildman–Crippen MR) is 106 cm³/mol. The Labute approximate surface area is 160 Å². The van der Waals surface area contributed by atoms with Gasteiger partial charge in [-0.05, 0) is 86.4 Å². The largest absolute Gasteiger partial charge is 0.490 e. The summed E-state index contributed by atoms with van der Waals surface area (Å²) in [5.41, 5.74) is 3.01. The molecule has 0 aromatic heterocycles. The van der Waals surface area contributed by atoms with Gasteiger partial charge in [-0.3, -0.25) is 4.72 Å². The van der Waals surface area contributed by atoms with E-state index in [1.165, 1.54) is 5.56 Å². The molecule has 2 aromatic rings. The van der Waals surface area contributed by atoms with Crippen LogP contribution in [-0.4, -0.2) is 34.2 Å². The van der Waals surface area contributed by atoms with Gasteiger partial charge in [0.05, 0.1) is 4.90 Å². The summed E-state index contributed by atoms with van der Waals surface area (Å²) in [5, 5.41) is 6.61. The lowest BCUT2D eigenvalue weighted by Gasteiger charge is -2.23. The normalized spacial score (nSPS) is 17.9. The lowest BCUT2D eigenvalue weighted by Crippen LogP contribution is -2.34. The highest BCUT2D eigenvalue weighted by molar-refractivity contribution is 7.92. The molecule has 2 aliphatic rings. The molecular formula is C20H25N3O3S. The van der Waals surface area contributed by atoms with Gasteiger partial charge in [0.25, 0.3) is 10.0 Å². The molecule has 0 amide bonds. The van der Waals surface area contributed by atoms with Crippen molar-refractivity contribution >= 4 is 15.7 Å². The Kier molecular flexibility index (Phi) is 5.33. The van der Waals surface area contributed by atoms with E-state index in [-0.39, 0.29) is 11.0 Å². The number of ether oxygens (including phenoxy) is 1. The van der Waals surface area contributed by atoms with Crippen LogP contribution in [-0.2, 0) is 23.0 Å². The second-order valence-corrected chi connectivity index (χ2v) is 8.74. The maximum absolute atomic E-state index is 12.7. The van der Waals surface area contributed by atoms with Crippen molar-refractivity contribution in [3.05, 3.63) is 53.6 Å². The maximum Gasteiger partial charge on any atom is 0.261 e. The number of sulfonamides is 1. The Balaban J connectivity index is 1.45. The fourth-order valence-electron chi connectivity index (χ4n) is 3.56. The van der Waals surface area contributed by atoms with E-state index >= 15 is 0 Å². The molecule has 2 heterocycles. The summed E-state index contributed by atoms with van der Waals surface area (Å²) in [6, 6.07) is 12.4. The first-order valence-electron chi connectivity index (χ1n) is 9.43. The number of anilines is 1. The molecule has 7 heteroatoms. The minimum atomic E-state index is -3.63. The highest BCUT2D eigenvalue weighted by Gasteiger charge is 2.18. The SMILES string of the molecule is O=S(=O)(Nc1ccc2c(c1)CNCC2)c1ccc(OC2CCNCC2)cc1. The summed E-state index contributed by atoms with van der Waals surface area (Å²) in [6.45, 7) is 3.65. The van der Waals surface area contributed by atoms with Crippen LogP contribution in [0.5, 0.6) is 5.75 Å². The average molecular weight is 388 g/mol. The molecule has 1 saturated heterocycles. The van der Waals surface area contributed by atoms with Crippen molar-refractivity contribution in [3.8, 4) is 5.75 Å². The molecule has 2 aliphatic heterocycles. The summed E-state index contributed by atoms with van der Waals surface area (Å²) >= 11 is 0. The van der Waals surface area contributed by atoms with E-state index in [0.29, 0.717) is 11.4 Å². The molecule has 3 N–H and O–H groups in total. The van der Waals surface area contributed by atoms with Crippen LogP contribution in [0, 0.1) is 0 Å². The van der Waals surface area contributed by atoms with Gasteiger partial charge in [-0.1, -0.05) is 6.07 Å². The molecule has 0 bridgehead atoms. The zero-order valence-electron chi connectivity index (χ0n) is 15.2. The van der Waals surface area contributed by atoms with Gasteiger partial charge in [0.15, 0.2) is 0 Å². The second-order valence-electron chi connectivity index (χ2n) is 7.05. The van der Waals surface area contributed by atoms with Gasteiger partial charge < -0.3 is 15.4 Å². The molecule has 0 atom stereocenters. The number of hydrogen-bond donors (Lipinski definition) is 3. The van der Waals surface area contributed by atoms with E-state index in [2.05, 4.69) is 15.4 Å². The zero-order chi connectivity index (χ0) is 18.7.